The van der Waals surface area contributed by atoms with Crippen molar-refractivity contribution in [1.82, 2.24) is 14.6 Å². The van der Waals surface area contributed by atoms with Crippen molar-refractivity contribution in [2.24, 2.45) is 13.0 Å². The molecule has 1 saturated carbocycles. The molecule has 4 aromatic rings. The van der Waals surface area contributed by atoms with Gasteiger partial charge in [-0.25, -0.2) is 13.1 Å². The lowest BCUT2D eigenvalue weighted by molar-refractivity contribution is -0.127. The molecule has 0 aliphatic heterocycles. The Morgan fingerprint density at radius 3 is 2.28 bits per heavy atom. The molecule has 3 aromatic carbocycles. The van der Waals surface area contributed by atoms with Crippen LogP contribution in [0, 0.1) is 5.92 Å². The van der Waals surface area contributed by atoms with Crippen molar-refractivity contribution in [3.63, 3.8) is 0 Å². The molecule has 1 amide bonds. The molecular formula is C31H35N3O4S. The number of fused-ring (bicyclic) bond motifs is 1. The second-order valence-corrected chi connectivity index (χ2v) is 12.0. The number of aromatic nitrogens is 1. The fourth-order valence-electron chi connectivity index (χ4n) is 5.49. The smallest absolute Gasteiger partial charge is 0.240 e. The zero-order valence-corrected chi connectivity index (χ0v) is 23.2. The zero-order valence-electron chi connectivity index (χ0n) is 22.3. The van der Waals surface area contributed by atoms with Gasteiger partial charge in [0.25, 0.3) is 0 Å². The number of nitrogens with zero attached hydrogens (tertiary/aromatic N) is 1. The quantitative estimate of drug-likeness (QED) is 0.303. The molecule has 0 radical (unpaired) electrons. The zero-order chi connectivity index (χ0) is 27.4. The molecule has 0 unspecified atom stereocenters. The SMILES string of the molecule is COC[C@@H](NC(=O)C1CCC(NS(=O)(=O)c2ccc3cc(-c4ccccc4)n(C)c3c2)CC1)c1ccccc1. The molecule has 5 rings (SSSR count). The second-order valence-electron chi connectivity index (χ2n) is 10.3. The molecule has 0 bridgehead atoms. The van der Waals surface area contributed by atoms with E-state index in [-0.39, 0.29) is 28.8 Å². The van der Waals surface area contributed by atoms with Crippen LogP contribution in [-0.4, -0.2) is 38.7 Å². The van der Waals surface area contributed by atoms with Crippen LogP contribution in [0.4, 0.5) is 0 Å². The van der Waals surface area contributed by atoms with Crippen LogP contribution in [0.5, 0.6) is 0 Å². The van der Waals surface area contributed by atoms with Crippen LogP contribution in [-0.2, 0) is 26.6 Å². The maximum Gasteiger partial charge on any atom is 0.240 e. The first kappa shape index (κ1) is 27.1. The molecule has 1 atom stereocenters. The number of nitrogens with one attached hydrogen (secondary N) is 2. The average Bonchev–Trinajstić information content (AvgIpc) is 3.29. The van der Waals surface area contributed by atoms with Crippen molar-refractivity contribution in [1.29, 1.82) is 0 Å². The van der Waals surface area contributed by atoms with E-state index in [1.807, 2.05) is 78.3 Å². The highest BCUT2D eigenvalue weighted by molar-refractivity contribution is 7.89. The third kappa shape index (κ3) is 6.08. The first-order valence-electron chi connectivity index (χ1n) is 13.4. The Morgan fingerprint density at radius 1 is 0.949 bits per heavy atom. The molecule has 8 heteroatoms. The number of hydrogen-bond donors (Lipinski definition) is 2. The number of amides is 1. The lowest BCUT2D eigenvalue weighted by atomic mass is 9.85. The lowest BCUT2D eigenvalue weighted by Crippen LogP contribution is -2.42. The summed E-state index contributed by atoms with van der Waals surface area (Å²) in [6.45, 7) is 0.392. The summed E-state index contributed by atoms with van der Waals surface area (Å²) in [6, 6.07) is 26.8. The topological polar surface area (TPSA) is 89.4 Å². The predicted molar refractivity (Wildman–Crippen MR) is 154 cm³/mol. The molecule has 2 N–H and O–H groups in total. The maximum absolute atomic E-state index is 13.3. The van der Waals surface area contributed by atoms with E-state index < -0.39 is 10.0 Å². The van der Waals surface area contributed by atoms with Gasteiger partial charge in [-0.1, -0.05) is 66.7 Å². The van der Waals surface area contributed by atoms with E-state index in [9.17, 15) is 13.2 Å². The Hall–Kier alpha value is -3.46. The second kappa shape index (κ2) is 11.7. The van der Waals surface area contributed by atoms with Gasteiger partial charge >= 0.3 is 0 Å². The molecule has 39 heavy (non-hydrogen) atoms. The summed E-state index contributed by atoms with van der Waals surface area (Å²) in [5, 5.41) is 4.11. The number of carbonyl (C=O) groups excluding carboxylic acids is 1. The van der Waals surface area contributed by atoms with Crippen LogP contribution in [0.2, 0.25) is 0 Å². The summed E-state index contributed by atoms with van der Waals surface area (Å²) in [5.74, 6) is -0.157. The van der Waals surface area contributed by atoms with Gasteiger partial charge in [-0.2, -0.15) is 0 Å². The van der Waals surface area contributed by atoms with Gasteiger partial charge < -0.3 is 14.6 Å². The standard InChI is InChI=1S/C31H35N3O4S/c1-34-29(23-11-7-4-8-12-23)19-25-15-18-27(20-30(25)34)39(36,37)33-26-16-13-24(14-17-26)31(35)32-28(21-38-2)22-9-5-3-6-10-22/h3-12,15,18-20,24,26,28,33H,13-14,16-17,21H2,1-2H3,(H,32,35)/t24?,26?,28-/m1/s1. The molecule has 7 nitrogen and oxygen atoms in total. The molecule has 1 aliphatic rings. The van der Waals surface area contributed by atoms with Gasteiger partial charge in [0.1, 0.15) is 0 Å². The molecule has 204 valence electrons. The molecule has 1 heterocycles. The third-order valence-electron chi connectivity index (χ3n) is 7.67. The van der Waals surface area contributed by atoms with E-state index in [1.165, 1.54) is 0 Å². The van der Waals surface area contributed by atoms with Gasteiger partial charge in [-0.05, 0) is 55.0 Å². The number of aryl methyl sites for hydroxylation is 1. The average molecular weight is 546 g/mol. The van der Waals surface area contributed by atoms with Crippen LogP contribution in [0.25, 0.3) is 22.2 Å². The van der Waals surface area contributed by atoms with Crippen molar-refractivity contribution in [2.45, 2.75) is 42.7 Å². The van der Waals surface area contributed by atoms with Gasteiger partial charge in [-0.3, -0.25) is 4.79 Å². The van der Waals surface area contributed by atoms with E-state index in [1.54, 1.807) is 19.2 Å². The molecule has 1 fully saturated rings. The minimum atomic E-state index is -3.70. The summed E-state index contributed by atoms with van der Waals surface area (Å²) in [6.07, 6.45) is 2.49. The fourth-order valence-corrected chi connectivity index (χ4v) is 6.81. The summed E-state index contributed by atoms with van der Waals surface area (Å²) < 4.78 is 36.9. The van der Waals surface area contributed by atoms with E-state index in [0.717, 1.165) is 27.7 Å². The van der Waals surface area contributed by atoms with Crippen LogP contribution < -0.4 is 10.0 Å². The predicted octanol–water partition coefficient (Wildman–Crippen LogP) is 5.19. The van der Waals surface area contributed by atoms with E-state index >= 15 is 0 Å². The highest BCUT2D eigenvalue weighted by atomic mass is 32.2. The Morgan fingerprint density at radius 2 is 1.62 bits per heavy atom. The van der Waals surface area contributed by atoms with Crippen molar-refractivity contribution < 1.29 is 17.9 Å². The van der Waals surface area contributed by atoms with Crippen molar-refractivity contribution in [3.8, 4) is 11.3 Å². The van der Waals surface area contributed by atoms with E-state index in [4.69, 9.17) is 4.74 Å². The number of rotatable bonds is 9. The van der Waals surface area contributed by atoms with Crippen LogP contribution in [0.15, 0.2) is 89.8 Å². The highest BCUT2D eigenvalue weighted by Crippen LogP contribution is 2.30. The van der Waals surface area contributed by atoms with Crippen molar-refractivity contribution in [3.05, 3.63) is 90.5 Å². The fraction of sp³-hybridized carbons (Fsp3) is 0.323. The van der Waals surface area contributed by atoms with Gasteiger partial charge in [-0.15, -0.1) is 0 Å². The number of hydrogen-bond acceptors (Lipinski definition) is 4. The highest BCUT2D eigenvalue weighted by Gasteiger charge is 2.30. The van der Waals surface area contributed by atoms with Crippen LogP contribution in [0.1, 0.15) is 37.3 Å². The molecule has 1 aliphatic carbocycles. The van der Waals surface area contributed by atoms with E-state index in [2.05, 4.69) is 16.1 Å². The summed E-state index contributed by atoms with van der Waals surface area (Å²) in [5.41, 5.74) is 3.97. The van der Waals surface area contributed by atoms with Gasteiger partial charge in [0.2, 0.25) is 15.9 Å². The normalized spacial score (nSPS) is 18.6. The molecule has 1 aromatic heterocycles. The Kier molecular flexibility index (Phi) is 8.16. The number of sulfonamides is 1. The Bertz CT molecular complexity index is 1530. The van der Waals surface area contributed by atoms with Gasteiger partial charge in [0.15, 0.2) is 0 Å². The minimum absolute atomic E-state index is 0.00871. The molecular weight excluding hydrogens is 510 g/mol. The number of carbonyl (C=O) groups is 1. The minimum Gasteiger partial charge on any atom is -0.382 e. The van der Waals surface area contributed by atoms with Crippen LogP contribution >= 0.6 is 0 Å². The Balaban J connectivity index is 1.22. The summed E-state index contributed by atoms with van der Waals surface area (Å²) >= 11 is 0. The van der Waals surface area contributed by atoms with E-state index in [0.29, 0.717) is 32.3 Å². The Labute approximate surface area is 230 Å². The molecule has 0 saturated heterocycles. The number of ether oxygens (including phenoxy) is 1. The van der Waals surface area contributed by atoms with Crippen molar-refractivity contribution in [2.75, 3.05) is 13.7 Å². The van der Waals surface area contributed by atoms with Gasteiger partial charge in [0.05, 0.1) is 17.5 Å². The lowest BCUT2D eigenvalue weighted by Gasteiger charge is -2.29. The summed E-state index contributed by atoms with van der Waals surface area (Å²) in [7, 11) is -0.128. The first-order chi connectivity index (χ1) is 18.9. The largest absolute Gasteiger partial charge is 0.382 e. The maximum atomic E-state index is 13.3. The van der Waals surface area contributed by atoms with Gasteiger partial charge in [0, 0.05) is 42.7 Å². The molecule has 0 spiro atoms. The monoisotopic (exact) mass is 545 g/mol. The number of benzene rings is 3. The number of methoxy groups -OCH3 is 1. The van der Waals surface area contributed by atoms with Crippen LogP contribution in [0.3, 0.4) is 0 Å². The third-order valence-corrected chi connectivity index (χ3v) is 9.19. The van der Waals surface area contributed by atoms with Crippen molar-refractivity contribution >= 4 is 26.8 Å². The first-order valence-corrected chi connectivity index (χ1v) is 14.9. The summed E-state index contributed by atoms with van der Waals surface area (Å²) in [4.78, 5) is 13.3.